The van der Waals surface area contributed by atoms with Crippen LogP contribution in [0.25, 0.3) is 17.3 Å². The first-order chi connectivity index (χ1) is 14.6. The van der Waals surface area contributed by atoms with Gasteiger partial charge in [-0.3, -0.25) is 0 Å². The monoisotopic (exact) mass is 403 g/mol. The Balaban J connectivity index is 1.77. The number of hydrogen-bond donors (Lipinski definition) is 2. The van der Waals surface area contributed by atoms with Crippen molar-refractivity contribution in [3.8, 4) is 5.69 Å². The molecule has 3 aromatic rings. The highest BCUT2D eigenvalue weighted by Gasteiger charge is 2.15. The number of allylic oxidation sites excluding steroid dienone is 2. The molecule has 0 spiro atoms. The van der Waals surface area contributed by atoms with Crippen LogP contribution in [0.15, 0.2) is 73.7 Å². The Morgan fingerprint density at radius 1 is 1.17 bits per heavy atom. The Morgan fingerprint density at radius 3 is 2.53 bits per heavy atom. The molecule has 0 fully saturated rings. The molecule has 0 bridgehead atoms. The number of anilines is 1. The molecule has 0 amide bonds. The van der Waals surface area contributed by atoms with Crippen molar-refractivity contribution >= 4 is 17.5 Å². The van der Waals surface area contributed by atoms with E-state index in [9.17, 15) is 4.39 Å². The molecule has 6 heteroatoms. The minimum atomic E-state index is -0.286. The quantitative estimate of drug-likeness (QED) is 0.483. The summed E-state index contributed by atoms with van der Waals surface area (Å²) in [4.78, 5) is 4.39. The van der Waals surface area contributed by atoms with E-state index < -0.39 is 0 Å². The van der Waals surface area contributed by atoms with Crippen LogP contribution >= 0.6 is 0 Å². The van der Waals surface area contributed by atoms with Gasteiger partial charge in [0.15, 0.2) is 0 Å². The number of pyridine rings is 1. The molecular formula is C24H26FN5. The number of benzene rings is 1. The van der Waals surface area contributed by atoms with Gasteiger partial charge in [-0.15, -0.1) is 0 Å². The van der Waals surface area contributed by atoms with Gasteiger partial charge in [0.1, 0.15) is 11.6 Å². The number of hydrogen-bond acceptors (Lipinski definition) is 4. The summed E-state index contributed by atoms with van der Waals surface area (Å²) in [5, 5.41) is 11.0. The minimum absolute atomic E-state index is 0.286. The zero-order valence-electron chi connectivity index (χ0n) is 17.3. The second-order valence-electron chi connectivity index (χ2n) is 6.65. The van der Waals surface area contributed by atoms with Crippen molar-refractivity contribution in [3.63, 3.8) is 0 Å². The number of halogens is 1. The summed E-state index contributed by atoms with van der Waals surface area (Å²) in [6, 6.07) is 10.2. The molecule has 154 valence electrons. The van der Waals surface area contributed by atoms with Crippen LogP contribution in [-0.2, 0) is 6.54 Å². The van der Waals surface area contributed by atoms with Crippen LogP contribution in [0.4, 0.5) is 10.2 Å². The third-order valence-corrected chi connectivity index (χ3v) is 4.66. The lowest BCUT2D eigenvalue weighted by atomic mass is 10.0. The fourth-order valence-corrected chi connectivity index (χ4v) is 3.16. The lowest BCUT2D eigenvalue weighted by Crippen LogP contribution is -2.14. The van der Waals surface area contributed by atoms with E-state index in [0.717, 1.165) is 46.1 Å². The van der Waals surface area contributed by atoms with Gasteiger partial charge >= 0.3 is 0 Å². The maximum atomic E-state index is 13.3. The van der Waals surface area contributed by atoms with E-state index in [-0.39, 0.29) is 5.82 Å². The lowest BCUT2D eigenvalue weighted by molar-refractivity contribution is 0.627. The fourth-order valence-electron chi connectivity index (χ4n) is 3.16. The zero-order chi connectivity index (χ0) is 21.5. The molecule has 0 unspecified atom stereocenters. The van der Waals surface area contributed by atoms with Crippen molar-refractivity contribution in [1.82, 2.24) is 20.1 Å². The molecule has 2 heterocycles. The first kappa shape index (κ1) is 21.0. The van der Waals surface area contributed by atoms with Crippen LogP contribution in [0, 0.1) is 5.82 Å². The predicted octanol–water partition coefficient (Wildman–Crippen LogP) is 5.19. The van der Waals surface area contributed by atoms with Gasteiger partial charge in [-0.25, -0.2) is 14.1 Å². The molecular weight excluding hydrogens is 377 g/mol. The van der Waals surface area contributed by atoms with E-state index in [4.69, 9.17) is 0 Å². The molecule has 0 saturated heterocycles. The molecule has 2 N–H and O–H groups in total. The van der Waals surface area contributed by atoms with Crippen LogP contribution in [0.3, 0.4) is 0 Å². The SMILES string of the molecule is C=Cc1c(/C(=C\C)C(=C)NCc2ccc(NCC)nc2)cnn1-c1ccc(F)cc1. The Kier molecular flexibility index (Phi) is 6.80. The van der Waals surface area contributed by atoms with E-state index in [1.807, 2.05) is 38.3 Å². The molecule has 2 aromatic heterocycles. The minimum Gasteiger partial charge on any atom is -0.381 e. The largest absolute Gasteiger partial charge is 0.381 e. The number of aromatic nitrogens is 3. The van der Waals surface area contributed by atoms with Crippen molar-refractivity contribution in [1.29, 1.82) is 0 Å². The van der Waals surface area contributed by atoms with E-state index in [1.54, 1.807) is 29.1 Å². The Bertz CT molecular complexity index is 1050. The maximum absolute atomic E-state index is 13.3. The van der Waals surface area contributed by atoms with E-state index in [1.165, 1.54) is 12.1 Å². The average Bonchev–Trinajstić information content (AvgIpc) is 3.18. The maximum Gasteiger partial charge on any atom is 0.125 e. The zero-order valence-corrected chi connectivity index (χ0v) is 17.3. The summed E-state index contributed by atoms with van der Waals surface area (Å²) in [6.45, 7) is 13.6. The van der Waals surface area contributed by atoms with Gasteiger partial charge < -0.3 is 10.6 Å². The summed E-state index contributed by atoms with van der Waals surface area (Å²) < 4.78 is 15.0. The topological polar surface area (TPSA) is 54.8 Å². The smallest absolute Gasteiger partial charge is 0.125 e. The van der Waals surface area contributed by atoms with Gasteiger partial charge in [0.25, 0.3) is 0 Å². The van der Waals surface area contributed by atoms with Gasteiger partial charge in [0.05, 0.1) is 17.6 Å². The molecule has 0 aliphatic carbocycles. The normalized spacial score (nSPS) is 11.2. The highest BCUT2D eigenvalue weighted by atomic mass is 19.1. The third kappa shape index (κ3) is 4.66. The highest BCUT2D eigenvalue weighted by molar-refractivity contribution is 5.82. The second kappa shape index (κ2) is 9.69. The summed E-state index contributed by atoms with van der Waals surface area (Å²) in [6.07, 6.45) is 7.34. The molecule has 0 aliphatic heterocycles. The van der Waals surface area contributed by atoms with Gasteiger partial charge in [0, 0.05) is 36.1 Å². The molecule has 5 nitrogen and oxygen atoms in total. The van der Waals surface area contributed by atoms with Crippen LogP contribution in [0.2, 0.25) is 0 Å². The predicted molar refractivity (Wildman–Crippen MR) is 122 cm³/mol. The summed E-state index contributed by atoms with van der Waals surface area (Å²) >= 11 is 0. The van der Waals surface area contributed by atoms with Gasteiger partial charge in [-0.1, -0.05) is 25.3 Å². The van der Waals surface area contributed by atoms with Gasteiger partial charge in [-0.05, 0) is 55.8 Å². The summed E-state index contributed by atoms with van der Waals surface area (Å²) in [5.74, 6) is 0.573. The number of nitrogens with zero attached hydrogens (tertiary/aromatic N) is 3. The van der Waals surface area contributed by atoms with Crippen molar-refractivity contribution in [2.24, 2.45) is 0 Å². The molecule has 0 radical (unpaired) electrons. The van der Waals surface area contributed by atoms with Crippen molar-refractivity contribution < 1.29 is 4.39 Å². The second-order valence-corrected chi connectivity index (χ2v) is 6.65. The van der Waals surface area contributed by atoms with Gasteiger partial charge in [-0.2, -0.15) is 5.10 Å². The third-order valence-electron chi connectivity index (χ3n) is 4.66. The fraction of sp³-hybridized carbons (Fsp3) is 0.167. The van der Waals surface area contributed by atoms with E-state index in [0.29, 0.717) is 6.54 Å². The van der Waals surface area contributed by atoms with E-state index in [2.05, 4.69) is 33.9 Å². The van der Waals surface area contributed by atoms with Crippen LogP contribution in [0.5, 0.6) is 0 Å². The standard InChI is InChI=1S/C24H26FN5/c1-5-21(17(4)27-14-18-8-13-24(26-7-3)28-15-18)22-16-29-30(23(22)6-2)20-11-9-19(25)10-12-20/h5-6,8-13,15-16,27H,2,4,7,14H2,1,3H3,(H,26,28)/b21-5-. The van der Waals surface area contributed by atoms with Crippen molar-refractivity contribution in [2.45, 2.75) is 20.4 Å². The lowest BCUT2D eigenvalue weighted by Gasteiger charge is -2.14. The Hall–Kier alpha value is -3.67. The summed E-state index contributed by atoms with van der Waals surface area (Å²) in [7, 11) is 0. The first-order valence-corrected chi connectivity index (χ1v) is 9.82. The van der Waals surface area contributed by atoms with Gasteiger partial charge in [0.2, 0.25) is 0 Å². The molecule has 0 aliphatic rings. The van der Waals surface area contributed by atoms with Crippen molar-refractivity contribution in [2.75, 3.05) is 11.9 Å². The van der Waals surface area contributed by atoms with Crippen LogP contribution in [-0.4, -0.2) is 21.3 Å². The Labute approximate surface area is 176 Å². The summed E-state index contributed by atoms with van der Waals surface area (Å²) in [5.41, 5.74) is 5.23. The Morgan fingerprint density at radius 2 is 1.93 bits per heavy atom. The molecule has 3 rings (SSSR count). The highest BCUT2D eigenvalue weighted by Crippen LogP contribution is 2.27. The number of nitrogens with one attached hydrogen (secondary N) is 2. The average molecular weight is 404 g/mol. The molecule has 1 aromatic carbocycles. The molecule has 0 atom stereocenters. The van der Waals surface area contributed by atoms with Crippen molar-refractivity contribution in [3.05, 3.63) is 96.4 Å². The first-order valence-electron chi connectivity index (χ1n) is 9.82. The number of rotatable bonds is 9. The molecule has 0 saturated carbocycles. The molecule has 30 heavy (non-hydrogen) atoms. The van der Waals surface area contributed by atoms with Crippen LogP contribution < -0.4 is 10.6 Å². The van der Waals surface area contributed by atoms with Crippen LogP contribution in [0.1, 0.15) is 30.7 Å². The van der Waals surface area contributed by atoms with E-state index >= 15 is 0 Å².